The number of phenols is 1. The van der Waals surface area contributed by atoms with Gasteiger partial charge in [-0.25, -0.2) is 0 Å². The summed E-state index contributed by atoms with van der Waals surface area (Å²) in [5.41, 5.74) is 1.86. The Hall–Kier alpha value is -5.26. The lowest BCUT2D eigenvalue weighted by Crippen LogP contribution is -2.14. The van der Waals surface area contributed by atoms with Crippen LogP contribution in [-0.2, 0) is 7.05 Å². The van der Waals surface area contributed by atoms with Gasteiger partial charge in [0.25, 0.3) is 5.91 Å². The molecule has 0 aliphatic carbocycles. The Kier molecular flexibility index (Phi) is 5.39. The summed E-state index contributed by atoms with van der Waals surface area (Å²) in [6, 6.07) is 22.6. The van der Waals surface area contributed by atoms with E-state index in [1.807, 2.05) is 35.9 Å². The van der Waals surface area contributed by atoms with Crippen LogP contribution in [0.2, 0.25) is 0 Å². The van der Waals surface area contributed by atoms with E-state index in [9.17, 15) is 15.2 Å². The summed E-state index contributed by atoms with van der Waals surface area (Å²) in [6.45, 7) is 0. The molecule has 0 spiro atoms. The average Bonchev–Trinajstić information content (AvgIpc) is 3.10. The number of anilines is 2. The second-order valence-corrected chi connectivity index (χ2v) is 7.17. The molecule has 0 radical (unpaired) electrons. The van der Waals surface area contributed by atoms with Crippen molar-refractivity contribution >= 4 is 39.1 Å². The summed E-state index contributed by atoms with van der Waals surface area (Å²) < 4.78 is 1.95. The molecule has 1 aromatic heterocycles. The highest BCUT2D eigenvalue weighted by atomic mass is 16.3. The van der Waals surface area contributed by atoms with Crippen LogP contribution in [0.3, 0.4) is 0 Å². The number of hydrogen-bond donors (Lipinski definition) is 3. The number of hydrogen-bond acceptors (Lipinski definition) is 6. The van der Waals surface area contributed by atoms with Gasteiger partial charge in [-0.1, -0.05) is 30.3 Å². The van der Waals surface area contributed by atoms with Crippen LogP contribution >= 0.6 is 0 Å². The van der Waals surface area contributed by atoms with E-state index >= 15 is 0 Å². The Morgan fingerprint density at radius 3 is 2.15 bits per heavy atom. The molecule has 8 nitrogen and oxygen atoms in total. The lowest BCUT2D eigenvalue weighted by molar-refractivity contribution is 0.102. The molecule has 158 valence electrons. The lowest BCUT2D eigenvalue weighted by atomic mass is 10.1. The monoisotopic (exact) mass is 432 g/mol. The van der Waals surface area contributed by atoms with E-state index in [4.69, 9.17) is 10.5 Å². The summed E-state index contributed by atoms with van der Waals surface area (Å²) in [4.78, 5) is 13.1. The number of aromatic hydroxyl groups is 1. The number of amides is 1. The van der Waals surface area contributed by atoms with Gasteiger partial charge in [-0.2, -0.15) is 15.8 Å². The summed E-state index contributed by atoms with van der Waals surface area (Å²) in [6.07, 6.45) is 0. The molecule has 4 rings (SSSR count). The molecule has 0 aliphatic heterocycles. The predicted octanol–water partition coefficient (Wildman–Crippen LogP) is 4.53. The SMILES string of the molecule is Cn1c2ccccc2c2cc(C(=O)Nc3ccccc3NC(C#N)=C(C#N)C#N)c(O)cc21. The zero-order valence-corrected chi connectivity index (χ0v) is 17.4. The van der Waals surface area contributed by atoms with Gasteiger partial charge in [-0.15, -0.1) is 0 Å². The Balaban J connectivity index is 1.73. The molecule has 8 heteroatoms. The topological polar surface area (TPSA) is 138 Å². The number of carbonyl (C=O) groups excluding carboxylic acids is 1. The fourth-order valence-corrected chi connectivity index (χ4v) is 3.68. The molecule has 0 saturated heterocycles. The Bertz CT molecular complexity index is 1580. The van der Waals surface area contributed by atoms with Crippen LogP contribution in [0, 0.1) is 34.0 Å². The molecule has 33 heavy (non-hydrogen) atoms. The molecule has 0 fully saturated rings. The zero-order valence-electron chi connectivity index (χ0n) is 17.4. The number of rotatable bonds is 4. The van der Waals surface area contributed by atoms with Gasteiger partial charge in [-0.05, 0) is 24.3 Å². The number of phenolic OH excluding ortho intramolecular Hbond substituents is 1. The van der Waals surface area contributed by atoms with E-state index in [2.05, 4.69) is 10.6 Å². The van der Waals surface area contributed by atoms with Gasteiger partial charge in [0.1, 0.15) is 29.7 Å². The first-order chi connectivity index (χ1) is 16.0. The maximum absolute atomic E-state index is 13.1. The van der Waals surface area contributed by atoms with Gasteiger partial charge in [0.15, 0.2) is 5.57 Å². The van der Waals surface area contributed by atoms with Crippen molar-refractivity contribution in [3.8, 4) is 24.0 Å². The highest BCUT2D eigenvalue weighted by molar-refractivity contribution is 6.14. The van der Waals surface area contributed by atoms with Crippen molar-refractivity contribution in [2.45, 2.75) is 0 Å². The fourth-order valence-electron chi connectivity index (χ4n) is 3.68. The van der Waals surface area contributed by atoms with Crippen LogP contribution in [0.4, 0.5) is 11.4 Å². The van der Waals surface area contributed by atoms with E-state index in [1.165, 1.54) is 0 Å². The molecule has 0 unspecified atom stereocenters. The number of nitrogens with zero attached hydrogens (tertiary/aromatic N) is 4. The first-order valence-corrected chi connectivity index (χ1v) is 9.80. The molecule has 0 saturated carbocycles. The molecule has 3 N–H and O–H groups in total. The molecule has 1 amide bonds. The standard InChI is InChI=1S/C25H16N6O2/c1-31-22-9-5-2-6-16(22)17-10-18(24(32)11-23(17)31)25(33)30-20-8-4-3-7-19(20)29-21(14-28)15(12-26)13-27/h2-11,29,32H,1H3,(H,30,33). The van der Waals surface area contributed by atoms with Crippen LogP contribution in [-0.4, -0.2) is 15.6 Å². The number of aryl methyl sites for hydroxylation is 1. The Morgan fingerprint density at radius 1 is 0.848 bits per heavy atom. The highest BCUT2D eigenvalue weighted by Gasteiger charge is 2.18. The summed E-state index contributed by atoms with van der Waals surface area (Å²) in [7, 11) is 1.89. The Morgan fingerprint density at radius 2 is 1.48 bits per heavy atom. The quantitative estimate of drug-likeness (QED) is 0.405. The molecule has 0 bridgehead atoms. The zero-order chi connectivity index (χ0) is 23.5. The summed E-state index contributed by atoms with van der Waals surface area (Å²) in [5, 5.41) is 45.2. The van der Waals surface area contributed by atoms with Crippen molar-refractivity contribution in [1.29, 1.82) is 15.8 Å². The number of benzene rings is 3. The smallest absolute Gasteiger partial charge is 0.259 e. The van der Waals surface area contributed by atoms with Gasteiger partial charge in [0.05, 0.1) is 22.5 Å². The van der Waals surface area contributed by atoms with Crippen molar-refractivity contribution in [1.82, 2.24) is 4.57 Å². The van der Waals surface area contributed by atoms with Gasteiger partial charge >= 0.3 is 0 Å². The number of aromatic nitrogens is 1. The third-order valence-corrected chi connectivity index (χ3v) is 5.30. The van der Waals surface area contributed by atoms with E-state index in [-0.39, 0.29) is 22.6 Å². The molecule has 0 atom stereocenters. The van der Waals surface area contributed by atoms with Crippen molar-refractivity contribution in [2.75, 3.05) is 10.6 Å². The third kappa shape index (κ3) is 3.67. The van der Waals surface area contributed by atoms with Crippen molar-refractivity contribution in [3.63, 3.8) is 0 Å². The first-order valence-electron chi connectivity index (χ1n) is 9.80. The van der Waals surface area contributed by atoms with E-state index in [0.717, 1.165) is 21.8 Å². The van der Waals surface area contributed by atoms with E-state index in [0.29, 0.717) is 11.4 Å². The van der Waals surface area contributed by atoms with E-state index < -0.39 is 5.91 Å². The molecule has 1 heterocycles. The minimum absolute atomic E-state index is 0.0828. The molecular formula is C25H16N6O2. The van der Waals surface area contributed by atoms with Crippen molar-refractivity contribution in [2.24, 2.45) is 7.05 Å². The summed E-state index contributed by atoms with van der Waals surface area (Å²) >= 11 is 0. The second-order valence-electron chi connectivity index (χ2n) is 7.17. The van der Waals surface area contributed by atoms with E-state index in [1.54, 1.807) is 54.6 Å². The number of carbonyl (C=O) groups is 1. The van der Waals surface area contributed by atoms with Crippen LogP contribution in [0.25, 0.3) is 21.8 Å². The maximum Gasteiger partial charge on any atom is 0.259 e. The van der Waals surface area contributed by atoms with Crippen LogP contribution < -0.4 is 10.6 Å². The average molecular weight is 432 g/mol. The van der Waals surface area contributed by atoms with Crippen LogP contribution in [0.1, 0.15) is 10.4 Å². The van der Waals surface area contributed by atoms with Crippen LogP contribution in [0.15, 0.2) is 71.9 Å². The number of allylic oxidation sites excluding steroid dienone is 2. The number of fused-ring (bicyclic) bond motifs is 3. The minimum Gasteiger partial charge on any atom is -0.507 e. The second kappa shape index (κ2) is 8.47. The van der Waals surface area contributed by atoms with Crippen molar-refractivity contribution < 1.29 is 9.90 Å². The number of nitrogens with one attached hydrogen (secondary N) is 2. The van der Waals surface area contributed by atoms with Gasteiger partial charge < -0.3 is 20.3 Å². The van der Waals surface area contributed by atoms with Crippen molar-refractivity contribution in [3.05, 3.63) is 77.5 Å². The Labute approximate surface area is 188 Å². The lowest BCUT2D eigenvalue weighted by Gasteiger charge is -2.13. The third-order valence-electron chi connectivity index (χ3n) is 5.30. The predicted molar refractivity (Wildman–Crippen MR) is 124 cm³/mol. The largest absolute Gasteiger partial charge is 0.507 e. The molecule has 3 aromatic carbocycles. The highest BCUT2D eigenvalue weighted by Crippen LogP contribution is 2.33. The first kappa shape index (κ1) is 21.0. The van der Waals surface area contributed by atoms with Gasteiger partial charge in [-0.3, -0.25) is 4.79 Å². The van der Waals surface area contributed by atoms with Gasteiger partial charge in [0, 0.05) is 29.4 Å². The van der Waals surface area contributed by atoms with Crippen LogP contribution in [0.5, 0.6) is 5.75 Å². The summed E-state index contributed by atoms with van der Waals surface area (Å²) in [5.74, 6) is -0.731. The number of para-hydroxylation sites is 3. The maximum atomic E-state index is 13.1. The molecule has 4 aromatic rings. The molecular weight excluding hydrogens is 416 g/mol. The minimum atomic E-state index is -0.556. The number of nitriles is 3. The normalized spacial score (nSPS) is 10.1. The van der Waals surface area contributed by atoms with Gasteiger partial charge in [0.2, 0.25) is 0 Å². The fraction of sp³-hybridized carbons (Fsp3) is 0.0400. The molecule has 0 aliphatic rings.